The molecule has 150 valence electrons. The molecule has 4 aromatic rings. The summed E-state index contributed by atoms with van der Waals surface area (Å²) < 4.78 is 78.7. The van der Waals surface area contributed by atoms with Gasteiger partial charge in [-0.15, -0.1) is 0 Å². The Hall–Kier alpha value is -3.37. The summed E-state index contributed by atoms with van der Waals surface area (Å²) in [6, 6.07) is 6.10. The molecule has 0 aliphatic carbocycles. The molecule has 11 heteroatoms. The van der Waals surface area contributed by atoms with Crippen molar-refractivity contribution in [2.45, 2.75) is 18.9 Å². The molecule has 0 aliphatic rings. The van der Waals surface area contributed by atoms with Gasteiger partial charge in [-0.1, -0.05) is 18.2 Å². The van der Waals surface area contributed by atoms with Crippen molar-refractivity contribution in [3.8, 4) is 11.1 Å². The smallest absolute Gasteiger partial charge is 0.277 e. The third-order valence-corrected chi connectivity index (χ3v) is 4.46. The van der Waals surface area contributed by atoms with Crippen molar-refractivity contribution in [2.24, 2.45) is 0 Å². The molecule has 1 atom stereocenters. The van der Waals surface area contributed by atoms with Gasteiger partial charge in [0.25, 0.3) is 12.0 Å². The average Bonchev–Trinajstić information content (AvgIpc) is 3.17. The minimum Gasteiger partial charge on any atom is -0.277 e. The van der Waals surface area contributed by atoms with E-state index in [-0.39, 0.29) is 32.9 Å². The van der Waals surface area contributed by atoms with Crippen molar-refractivity contribution in [3.05, 3.63) is 58.8 Å². The molecule has 0 saturated heterocycles. The first kappa shape index (κ1) is 19.0. The van der Waals surface area contributed by atoms with Crippen LogP contribution in [0.25, 0.3) is 32.9 Å². The number of benzene rings is 1. The van der Waals surface area contributed by atoms with Gasteiger partial charge >= 0.3 is 6.18 Å². The van der Waals surface area contributed by atoms with Crippen LogP contribution in [0.4, 0.5) is 26.3 Å². The topological polar surface area (TPSA) is 63.6 Å². The molecule has 0 radical (unpaired) electrons. The van der Waals surface area contributed by atoms with E-state index in [0.717, 1.165) is 24.5 Å². The molecule has 1 N–H and O–H groups in total. The molecular weight excluding hydrogens is 402 g/mol. The number of hydrogen-bond acceptors (Lipinski definition) is 3. The molecule has 1 unspecified atom stereocenters. The zero-order valence-electron chi connectivity index (χ0n) is 14.2. The molecule has 0 bridgehead atoms. The second-order valence-electron chi connectivity index (χ2n) is 6.20. The Kier molecular flexibility index (Phi) is 4.32. The van der Waals surface area contributed by atoms with E-state index in [9.17, 15) is 31.1 Å². The quantitative estimate of drug-likeness (QED) is 0.497. The maximum absolute atomic E-state index is 14.2. The fraction of sp³-hybridized carbons (Fsp3) is 0.167. The molecule has 0 fully saturated rings. The Morgan fingerprint density at radius 2 is 1.69 bits per heavy atom. The summed E-state index contributed by atoms with van der Waals surface area (Å²) in [5.74, 6) is 0. The van der Waals surface area contributed by atoms with Crippen LogP contribution >= 0.6 is 0 Å². The zero-order chi connectivity index (χ0) is 20.9. The van der Waals surface area contributed by atoms with Gasteiger partial charge in [-0.25, -0.2) is 13.2 Å². The number of aromatic nitrogens is 4. The highest BCUT2D eigenvalue weighted by molar-refractivity contribution is 6.04. The molecule has 0 saturated carbocycles. The number of pyridine rings is 2. The maximum atomic E-state index is 14.2. The summed E-state index contributed by atoms with van der Waals surface area (Å²) in [5, 5.41) is 6.47. The third-order valence-electron chi connectivity index (χ3n) is 4.46. The highest BCUT2D eigenvalue weighted by atomic mass is 19.4. The molecule has 1 aromatic carbocycles. The standard InChI is InChI=1S/C18H10F6N4O/c19-15(20)16(21)28-12-5-8(9-2-4-13(25-6-9)18(22,23)24)1-3-10(12)14-11(17(28)29)7-26-27-14/h1-7,15-16H,(H,26,27). The molecular formula is C18H10F6N4O. The third kappa shape index (κ3) is 3.12. The SMILES string of the molecule is O=c1c2cn[nH]c2c2ccc(-c3ccc(C(F)(F)F)nc3)cc2n1C(F)C(F)F. The first-order chi connectivity index (χ1) is 13.7. The number of fused-ring (bicyclic) bond motifs is 3. The van der Waals surface area contributed by atoms with E-state index >= 15 is 0 Å². The number of rotatable bonds is 3. The van der Waals surface area contributed by atoms with Crippen LogP contribution in [0.5, 0.6) is 0 Å². The molecule has 0 spiro atoms. The van der Waals surface area contributed by atoms with Gasteiger partial charge in [0, 0.05) is 17.1 Å². The molecule has 4 rings (SSSR count). The van der Waals surface area contributed by atoms with Gasteiger partial charge in [-0.05, 0) is 17.7 Å². The van der Waals surface area contributed by atoms with Crippen LogP contribution in [0, 0.1) is 0 Å². The first-order valence-corrected chi connectivity index (χ1v) is 8.15. The molecule has 3 aromatic heterocycles. The molecule has 3 heterocycles. The highest BCUT2D eigenvalue weighted by Crippen LogP contribution is 2.32. The Morgan fingerprint density at radius 3 is 2.31 bits per heavy atom. The summed E-state index contributed by atoms with van der Waals surface area (Å²) in [6.07, 6.45) is -8.92. The lowest BCUT2D eigenvalue weighted by Gasteiger charge is -2.16. The summed E-state index contributed by atoms with van der Waals surface area (Å²) >= 11 is 0. The van der Waals surface area contributed by atoms with Crippen molar-refractivity contribution in [1.29, 1.82) is 0 Å². The summed E-state index contributed by atoms with van der Waals surface area (Å²) in [6.45, 7) is 0. The van der Waals surface area contributed by atoms with Crippen LogP contribution in [0.1, 0.15) is 12.0 Å². The molecule has 29 heavy (non-hydrogen) atoms. The fourth-order valence-corrected chi connectivity index (χ4v) is 3.10. The lowest BCUT2D eigenvalue weighted by molar-refractivity contribution is -0.141. The monoisotopic (exact) mass is 412 g/mol. The number of nitrogens with one attached hydrogen (secondary N) is 1. The van der Waals surface area contributed by atoms with Gasteiger partial charge in [-0.2, -0.15) is 18.3 Å². The molecule has 5 nitrogen and oxygen atoms in total. The van der Waals surface area contributed by atoms with E-state index in [1.807, 2.05) is 0 Å². The van der Waals surface area contributed by atoms with E-state index < -0.39 is 30.2 Å². The lowest BCUT2D eigenvalue weighted by Crippen LogP contribution is -2.26. The Bertz CT molecular complexity index is 1260. The Labute approximate surface area is 157 Å². The second-order valence-corrected chi connectivity index (χ2v) is 6.20. The summed E-state index contributed by atoms with van der Waals surface area (Å²) in [4.78, 5) is 15.9. The number of H-pyrrole nitrogens is 1. The zero-order valence-corrected chi connectivity index (χ0v) is 14.2. The van der Waals surface area contributed by atoms with Gasteiger partial charge in [0.05, 0.1) is 22.6 Å². The van der Waals surface area contributed by atoms with Crippen molar-refractivity contribution in [3.63, 3.8) is 0 Å². The van der Waals surface area contributed by atoms with Gasteiger partial charge in [0.1, 0.15) is 5.69 Å². The maximum Gasteiger partial charge on any atom is 0.433 e. The number of nitrogens with zero attached hydrogens (tertiary/aromatic N) is 3. The van der Waals surface area contributed by atoms with Gasteiger partial charge < -0.3 is 0 Å². The van der Waals surface area contributed by atoms with Gasteiger partial charge in [-0.3, -0.25) is 19.4 Å². The van der Waals surface area contributed by atoms with E-state index in [2.05, 4.69) is 15.2 Å². The summed E-state index contributed by atoms with van der Waals surface area (Å²) in [7, 11) is 0. The van der Waals surface area contributed by atoms with E-state index in [1.165, 1.54) is 18.2 Å². The first-order valence-electron chi connectivity index (χ1n) is 8.15. The normalized spacial score (nSPS) is 13.5. The number of alkyl halides is 6. The lowest BCUT2D eigenvalue weighted by atomic mass is 10.0. The van der Waals surface area contributed by atoms with Crippen molar-refractivity contribution < 1.29 is 26.3 Å². The minimum absolute atomic E-state index is 0.0650. The van der Waals surface area contributed by atoms with Crippen LogP contribution in [-0.4, -0.2) is 26.2 Å². The number of aromatic amines is 1. The predicted octanol–water partition coefficient (Wildman–Crippen LogP) is 4.69. The largest absolute Gasteiger partial charge is 0.433 e. The fourth-order valence-electron chi connectivity index (χ4n) is 3.10. The van der Waals surface area contributed by atoms with Crippen molar-refractivity contribution >= 4 is 21.8 Å². The van der Waals surface area contributed by atoms with Crippen molar-refractivity contribution in [1.82, 2.24) is 19.7 Å². The van der Waals surface area contributed by atoms with Crippen LogP contribution in [0.2, 0.25) is 0 Å². The van der Waals surface area contributed by atoms with E-state index in [4.69, 9.17) is 0 Å². The van der Waals surface area contributed by atoms with Gasteiger partial charge in [0.15, 0.2) is 0 Å². The Morgan fingerprint density at radius 1 is 0.966 bits per heavy atom. The van der Waals surface area contributed by atoms with E-state index in [1.54, 1.807) is 0 Å². The van der Waals surface area contributed by atoms with Crippen LogP contribution < -0.4 is 5.56 Å². The average molecular weight is 412 g/mol. The second kappa shape index (κ2) is 6.61. The van der Waals surface area contributed by atoms with Crippen LogP contribution in [-0.2, 0) is 6.18 Å². The van der Waals surface area contributed by atoms with E-state index in [0.29, 0.717) is 4.57 Å². The van der Waals surface area contributed by atoms with Crippen LogP contribution in [0.3, 0.4) is 0 Å². The number of halogens is 6. The molecule has 0 aliphatic heterocycles. The van der Waals surface area contributed by atoms with Crippen molar-refractivity contribution in [2.75, 3.05) is 0 Å². The highest BCUT2D eigenvalue weighted by Gasteiger charge is 2.32. The Balaban J connectivity index is 1.96. The molecule has 0 amide bonds. The van der Waals surface area contributed by atoms with Crippen LogP contribution in [0.15, 0.2) is 47.5 Å². The summed E-state index contributed by atoms with van der Waals surface area (Å²) in [5.41, 5.74) is -1.52. The number of hydrogen-bond donors (Lipinski definition) is 1. The predicted molar refractivity (Wildman–Crippen MR) is 92.2 cm³/mol. The minimum atomic E-state index is -4.62. The van der Waals surface area contributed by atoms with Gasteiger partial charge in [0.2, 0.25) is 6.30 Å².